The number of nitrogens with one attached hydrogen (secondary N) is 1. The second kappa shape index (κ2) is 7.55. The Morgan fingerprint density at radius 2 is 1.95 bits per heavy atom. The van der Waals surface area contributed by atoms with Crippen LogP contribution in [-0.2, 0) is 20.0 Å². The monoisotopic (exact) mass is 303 g/mol. The minimum atomic E-state index is 0.332. The van der Waals surface area contributed by atoms with Crippen molar-refractivity contribution in [3.8, 4) is 0 Å². The normalized spacial score (nSPS) is 12.1. The Morgan fingerprint density at radius 3 is 2.37 bits per heavy atom. The molecule has 5 heteroatoms. The summed E-state index contributed by atoms with van der Waals surface area (Å²) in [5.41, 5.74) is 2.07. The van der Waals surface area contributed by atoms with Crippen molar-refractivity contribution in [2.75, 3.05) is 12.8 Å². The summed E-state index contributed by atoms with van der Waals surface area (Å²) in [5.74, 6) is 0. The van der Waals surface area contributed by atoms with Crippen molar-refractivity contribution in [1.29, 1.82) is 0 Å². The Morgan fingerprint density at radius 1 is 1.32 bits per heavy atom. The fraction of sp³-hybridized carbons (Fsp3) is 0.786. The molecule has 1 aromatic rings. The van der Waals surface area contributed by atoms with E-state index in [-0.39, 0.29) is 0 Å². The first-order valence-electron chi connectivity index (χ1n) is 6.99. The zero-order valence-electron chi connectivity index (χ0n) is 12.7. The van der Waals surface area contributed by atoms with Crippen molar-refractivity contribution in [3.05, 3.63) is 16.4 Å². The predicted octanol–water partition coefficient (Wildman–Crippen LogP) is 3.65. The summed E-state index contributed by atoms with van der Waals surface area (Å²) >= 11 is 8.31. The van der Waals surface area contributed by atoms with Gasteiger partial charge >= 0.3 is 0 Å². The van der Waals surface area contributed by atoms with Gasteiger partial charge in [-0.2, -0.15) is 16.9 Å². The maximum atomic E-state index is 6.35. The number of halogens is 1. The Kier molecular flexibility index (Phi) is 6.71. The molecule has 0 spiro atoms. The molecule has 0 aliphatic heterocycles. The molecular weight excluding hydrogens is 278 g/mol. The van der Waals surface area contributed by atoms with Crippen LogP contribution in [0.3, 0.4) is 0 Å². The molecule has 0 bridgehead atoms. The molecule has 0 amide bonds. The Labute approximate surface area is 126 Å². The summed E-state index contributed by atoms with van der Waals surface area (Å²) in [6, 6.07) is 0. The first-order chi connectivity index (χ1) is 9.03. The van der Waals surface area contributed by atoms with E-state index in [0.29, 0.717) is 4.75 Å². The summed E-state index contributed by atoms with van der Waals surface area (Å²) in [6.45, 7) is 8.38. The summed E-state index contributed by atoms with van der Waals surface area (Å²) in [4.78, 5) is 0. The lowest BCUT2D eigenvalue weighted by molar-refractivity contribution is 0.487. The Bertz CT molecular complexity index is 391. The van der Waals surface area contributed by atoms with Crippen LogP contribution in [-0.4, -0.2) is 27.3 Å². The zero-order valence-corrected chi connectivity index (χ0v) is 14.3. The molecule has 0 saturated carbocycles. The van der Waals surface area contributed by atoms with Gasteiger partial charge in [-0.3, -0.25) is 4.68 Å². The number of rotatable bonds is 8. The molecule has 19 heavy (non-hydrogen) atoms. The lowest BCUT2D eigenvalue weighted by Crippen LogP contribution is -2.36. The molecule has 1 aromatic heterocycles. The third kappa shape index (κ3) is 3.89. The van der Waals surface area contributed by atoms with E-state index >= 15 is 0 Å². The van der Waals surface area contributed by atoms with Crippen LogP contribution in [0.15, 0.2) is 0 Å². The molecule has 3 nitrogen and oxygen atoms in total. The van der Waals surface area contributed by atoms with E-state index in [1.807, 2.05) is 23.5 Å². The van der Waals surface area contributed by atoms with Crippen LogP contribution in [0.25, 0.3) is 0 Å². The molecule has 0 saturated heterocycles. The minimum absolute atomic E-state index is 0.332. The van der Waals surface area contributed by atoms with Crippen LogP contribution in [0.1, 0.15) is 45.0 Å². The van der Waals surface area contributed by atoms with Crippen molar-refractivity contribution in [2.24, 2.45) is 7.05 Å². The van der Waals surface area contributed by atoms with Gasteiger partial charge in [0, 0.05) is 24.9 Å². The summed E-state index contributed by atoms with van der Waals surface area (Å²) in [5, 5.41) is 8.81. The fourth-order valence-electron chi connectivity index (χ4n) is 2.28. The van der Waals surface area contributed by atoms with E-state index in [1.165, 1.54) is 12.8 Å². The van der Waals surface area contributed by atoms with E-state index in [0.717, 1.165) is 35.9 Å². The van der Waals surface area contributed by atoms with E-state index in [1.54, 1.807) is 0 Å². The number of hydrogen-bond donors (Lipinski definition) is 1. The van der Waals surface area contributed by atoms with Crippen LogP contribution in [0.5, 0.6) is 0 Å². The number of aromatic nitrogens is 2. The van der Waals surface area contributed by atoms with Crippen LogP contribution < -0.4 is 5.32 Å². The van der Waals surface area contributed by atoms with Gasteiger partial charge in [-0.1, -0.05) is 32.4 Å². The highest BCUT2D eigenvalue weighted by molar-refractivity contribution is 8.00. The fourth-order valence-corrected chi connectivity index (χ4v) is 3.47. The lowest BCUT2D eigenvalue weighted by Gasteiger charge is -2.30. The number of aryl methyl sites for hydroxylation is 2. The zero-order chi connectivity index (χ0) is 14.5. The van der Waals surface area contributed by atoms with Gasteiger partial charge in [0.15, 0.2) is 0 Å². The Balaban J connectivity index is 2.65. The standard InChI is InChI=1S/C14H26ClN3S/c1-6-11-13(15)12(18(4)17-11)9-16-10-14(7-2,8-3)19-5/h16H,6-10H2,1-5H3. The largest absolute Gasteiger partial charge is 0.310 e. The second-order valence-electron chi connectivity index (χ2n) is 4.88. The van der Waals surface area contributed by atoms with Gasteiger partial charge in [0.05, 0.1) is 16.4 Å². The van der Waals surface area contributed by atoms with Crippen molar-refractivity contribution in [3.63, 3.8) is 0 Å². The Hall–Kier alpha value is -0.190. The van der Waals surface area contributed by atoms with Crippen molar-refractivity contribution in [2.45, 2.75) is 51.3 Å². The van der Waals surface area contributed by atoms with E-state index in [4.69, 9.17) is 11.6 Å². The SMILES string of the molecule is CCc1nn(C)c(CNCC(CC)(CC)SC)c1Cl. The first kappa shape index (κ1) is 16.9. The van der Waals surface area contributed by atoms with Gasteiger partial charge in [-0.25, -0.2) is 0 Å². The molecular formula is C14H26ClN3S. The van der Waals surface area contributed by atoms with Gasteiger partial charge in [-0.15, -0.1) is 0 Å². The third-order valence-electron chi connectivity index (χ3n) is 3.96. The molecule has 1 heterocycles. The minimum Gasteiger partial charge on any atom is -0.310 e. The highest BCUT2D eigenvalue weighted by Crippen LogP contribution is 2.29. The highest BCUT2D eigenvalue weighted by atomic mass is 35.5. The quantitative estimate of drug-likeness (QED) is 0.795. The van der Waals surface area contributed by atoms with Crippen LogP contribution in [0, 0.1) is 0 Å². The molecule has 110 valence electrons. The van der Waals surface area contributed by atoms with Gasteiger partial charge < -0.3 is 5.32 Å². The van der Waals surface area contributed by atoms with Crippen molar-refractivity contribution in [1.82, 2.24) is 15.1 Å². The summed E-state index contributed by atoms with van der Waals surface area (Å²) in [6.07, 6.45) is 5.43. The molecule has 0 unspecified atom stereocenters. The second-order valence-corrected chi connectivity index (χ2v) is 6.53. The van der Waals surface area contributed by atoms with E-state index in [2.05, 4.69) is 37.4 Å². The number of thioether (sulfide) groups is 1. The average molecular weight is 304 g/mol. The molecule has 0 fully saturated rings. The van der Waals surface area contributed by atoms with Crippen LogP contribution in [0.2, 0.25) is 5.02 Å². The number of hydrogen-bond acceptors (Lipinski definition) is 3. The van der Waals surface area contributed by atoms with Crippen LogP contribution >= 0.6 is 23.4 Å². The third-order valence-corrected chi connectivity index (χ3v) is 5.99. The molecule has 1 N–H and O–H groups in total. The summed E-state index contributed by atoms with van der Waals surface area (Å²) < 4.78 is 2.23. The number of nitrogens with zero attached hydrogens (tertiary/aromatic N) is 2. The molecule has 0 atom stereocenters. The maximum absolute atomic E-state index is 6.35. The topological polar surface area (TPSA) is 29.9 Å². The van der Waals surface area contributed by atoms with E-state index in [9.17, 15) is 0 Å². The van der Waals surface area contributed by atoms with Gasteiger partial charge in [0.1, 0.15) is 0 Å². The molecule has 0 radical (unpaired) electrons. The average Bonchev–Trinajstić information content (AvgIpc) is 2.71. The summed E-state index contributed by atoms with van der Waals surface area (Å²) in [7, 11) is 1.96. The maximum Gasteiger partial charge on any atom is 0.0863 e. The van der Waals surface area contributed by atoms with E-state index < -0.39 is 0 Å². The van der Waals surface area contributed by atoms with Gasteiger partial charge in [0.2, 0.25) is 0 Å². The predicted molar refractivity (Wildman–Crippen MR) is 86.1 cm³/mol. The molecule has 0 aliphatic rings. The van der Waals surface area contributed by atoms with Crippen molar-refractivity contribution < 1.29 is 0 Å². The molecule has 1 rings (SSSR count). The smallest absolute Gasteiger partial charge is 0.0863 e. The van der Waals surface area contributed by atoms with Crippen LogP contribution in [0.4, 0.5) is 0 Å². The molecule has 0 aliphatic carbocycles. The first-order valence-corrected chi connectivity index (χ1v) is 8.59. The molecule has 0 aromatic carbocycles. The van der Waals surface area contributed by atoms with Gasteiger partial charge in [0.25, 0.3) is 0 Å². The van der Waals surface area contributed by atoms with Gasteiger partial charge in [-0.05, 0) is 25.5 Å². The highest BCUT2D eigenvalue weighted by Gasteiger charge is 2.24. The lowest BCUT2D eigenvalue weighted by atomic mass is 10.0. The van der Waals surface area contributed by atoms with Crippen molar-refractivity contribution >= 4 is 23.4 Å².